The number of hydroxylamine groups is 1. The fourth-order valence-electron chi connectivity index (χ4n) is 4.42. The molecule has 1 aliphatic heterocycles. The number of nitrogens with one attached hydrogen (secondary N) is 2. The van der Waals surface area contributed by atoms with Gasteiger partial charge in [-0.3, -0.25) is 19.7 Å². The number of pyridine rings is 1. The van der Waals surface area contributed by atoms with Crippen molar-refractivity contribution in [2.24, 2.45) is 5.92 Å². The molecule has 2 amide bonds. The summed E-state index contributed by atoms with van der Waals surface area (Å²) in [6.45, 7) is 0.944. The number of hydrogen-bond donors (Lipinski definition) is 3. The first-order chi connectivity index (χ1) is 17.2. The Hall–Kier alpha value is -3.94. The molecule has 0 bridgehead atoms. The van der Waals surface area contributed by atoms with Gasteiger partial charge in [0.2, 0.25) is 5.91 Å². The number of carbonyl (C=O) groups is 2. The fourth-order valence-corrected chi connectivity index (χ4v) is 4.42. The van der Waals surface area contributed by atoms with Crippen molar-refractivity contribution in [3.05, 3.63) is 77.0 Å². The summed E-state index contributed by atoms with van der Waals surface area (Å²) in [4.78, 5) is 30.4. The van der Waals surface area contributed by atoms with Gasteiger partial charge in [-0.15, -0.1) is 6.42 Å². The third kappa shape index (κ3) is 5.48. The zero-order valence-electron chi connectivity index (χ0n) is 19.0. The lowest BCUT2D eigenvalue weighted by Crippen LogP contribution is -2.45. The number of alkyl halides is 3. The topological polar surface area (TPSA) is 94.6 Å². The molecular formula is C26H23F3N4O3. The normalized spacial score (nSPS) is 18.1. The van der Waals surface area contributed by atoms with Gasteiger partial charge in [-0.1, -0.05) is 36.3 Å². The maximum absolute atomic E-state index is 13.4. The van der Waals surface area contributed by atoms with E-state index in [9.17, 15) is 22.8 Å². The van der Waals surface area contributed by atoms with E-state index in [1.807, 2.05) is 4.90 Å². The average Bonchev–Trinajstić information content (AvgIpc) is 3.25. The highest BCUT2D eigenvalue weighted by Gasteiger charge is 2.38. The van der Waals surface area contributed by atoms with E-state index >= 15 is 0 Å². The van der Waals surface area contributed by atoms with Crippen LogP contribution >= 0.6 is 0 Å². The van der Waals surface area contributed by atoms with Crippen LogP contribution in [-0.2, 0) is 17.4 Å². The van der Waals surface area contributed by atoms with Crippen LogP contribution < -0.4 is 10.8 Å². The fraction of sp³-hybridized carbons (Fsp3) is 0.269. The van der Waals surface area contributed by atoms with Crippen molar-refractivity contribution in [1.82, 2.24) is 20.7 Å². The van der Waals surface area contributed by atoms with Crippen LogP contribution in [0.4, 0.5) is 13.2 Å². The number of terminal acetylenes is 1. The van der Waals surface area contributed by atoms with Gasteiger partial charge >= 0.3 is 6.18 Å². The van der Waals surface area contributed by atoms with E-state index in [1.165, 1.54) is 0 Å². The van der Waals surface area contributed by atoms with Gasteiger partial charge < -0.3 is 5.32 Å². The standard InChI is InChI=1S/C26H23F3N4O3/c1-2-11-33-14-20(25(35)32-36)22(15-33)31-24(34)17-9-7-16(8-10-17)12-18-13-23(26(27,28)29)30-21-6-4-3-5-19(18)21/h1,3-10,13,20,22,36H,11-12,14-15H2,(H,31,34)(H,32,35)/t20-,22+/m0/s1. The van der Waals surface area contributed by atoms with Crippen molar-refractivity contribution < 1.29 is 28.0 Å². The maximum Gasteiger partial charge on any atom is 0.433 e. The number of fused-ring (bicyclic) bond motifs is 1. The van der Waals surface area contributed by atoms with E-state index in [0.717, 1.165) is 11.6 Å². The number of nitrogens with zero attached hydrogens (tertiary/aromatic N) is 2. The Kier molecular flexibility index (Phi) is 7.24. The highest BCUT2D eigenvalue weighted by Crippen LogP contribution is 2.31. The molecule has 2 aromatic carbocycles. The van der Waals surface area contributed by atoms with Crippen LogP contribution in [0.15, 0.2) is 54.6 Å². The van der Waals surface area contributed by atoms with Crippen LogP contribution in [0.5, 0.6) is 0 Å². The zero-order valence-corrected chi connectivity index (χ0v) is 19.0. The second-order valence-corrected chi connectivity index (χ2v) is 8.62. The van der Waals surface area contributed by atoms with Gasteiger partial charge in [0.25, 0.3) is 5.91 Å². The summed E-state index contributed by atoms with van der Waals surface area (Å²) in [6.07, 6.45) is 0.992. The lowest BCUT2D eigenvalue weighted by atomic mass is 9.98. The number of benzene rings is 2. The molecule has 186 valence electrons. The second-order valence-electron chi connectivity index (χ2n) is 8.62. The van der Waals surface area contributed by atoms with Gasteiger partial charge in [0.05, 0.1) is 24.0 Å². The minimum absolute atomic E-state index is 0.219. The number of rotatable bonds is 6. The van der Waals surface area contributed by atoms with Crippen LogP contribution in [0, 0.1) is 18.3 Å². The van der Waals surface area contributed by atoms with Crippen LogP contribution in [-0.4, -0.2) is 52.6 Å². The molecular weight excluding hydrogens is 473 g/mol. The maximum atomic E-state index is 13.4. The quantitative estimate of drug-likeness (QED) is 0.277. The Morgan fingerprint density at radius 3 is 2.53 bits per heavy atom. The number of amides is 2. The minimum Gasteiger partial charge on any atom is -0.347 e. The van der Waals surface area contributed by atoms with Gasteiger partial charge in [-0.05, 0) is 41.8 Å². The van der Waals surface area contributed by atoms with Crippen molar-refractivity contribution in [3.63, 3.8) is 0 Å². The van der Waals surface area contributed by atoms with Gasteiger partial charge in [-0.2, -0.15) is 13.2 Å². The Balaban J connectivity index is 1.51. The number of carbonyl (C=O) groups excluding carboxylic acids is 2. The largest absolute Gasteiger partial charge is 0.433 e. The van der Waals surface area contributed by atoms with E-state index in [0.29, 0.717) is 36.1 Å². The molecule has 1 saturated heterocycles. The average molecular weight is 496 g/mol. The molecule has 0 spiro atoms. The third-order valence-corrected chi connectivity index (χ3v) is 6.18. The number of halogens is 3. The Labute approximate surface area is 205 Å². The highest BCUT2D eigenvalue weighted by atomic mass is 19.4. The zero-order chi connectivity index (χ0) is 25.9. The minimum atomic E-state index is -4.57. The lowest BCUT2D eigenvalue weighted by Gasteiger charge is -2.18. The van der Waals surface area contributed by atoms with E-state index in [1.54, 1.807) is 54.0 Å². The molecule has 3 N–H and O–H groups in total. The number of para-hydroxylation sites is 1. The van der Waals surface area contributed by atoms with Crippen LogP contribution in [0.1, 0.15) is 27.2 Å². The molecule has 0 radical (unpaired) electrons. The first kappa shape index (κ1) is 25.2. The lowest BCUT2D eigenvalue weighted by molar-refractivity contribution is -0.141. The Bertz CT molecular complexity index is 1320. The molecule has 4 rings (SSSR count). The SMILES string of the molecule is C#CCN1C[C@H](C(=O)NO)[C@H](NC(=O)c2ccc(Cc3cc(C(F)(F)F)nc4ccccc34)cc2)C1. The van der Waals surface area contributed by atoms with Gasteiger partial charge in [0.1, 0.15) is 5.69 Å². The molecule has 10 heteroatoms. The van der Waals surface area contributed by atoms with Crippen molar-refractivity contribution in [2.75, 3.05) is 19.6 Å². The molecule has 1 fully saturated rings. The number of aromatic nitrogens is 1. The molecule has 0 aliphatic carbocycles. The van der Waals surface area contributed by atoms with Crippen molar-refractivity contribution in [3.8, 4) is 12.3 Å². The van der Waals surface area contributed by atoms with Crippen LogP contribution in [0.3, 0.4) is 0 Å². The summed E-state index contributed by atoms with van der Waals surface area (Å²) >= 11 is 0. The third-order valence-electron chi connectivity index (χ3n) is 6.18. The first-order valence-electron chi connectivity index (χ1n) is 11.1. The molecule has 1 aliphatic rings. The summed E-state index contributed by atoms with van der Waals surface area (Å²) in [7, 11) is 0. The molecule has 3 aromatic rings. The number of hydrogen-bond acceptors (Lipinski definition) is 5. The van der Waals surface area contributed by atoms with E-state index in [-0.39, 0.29) is 11.9 Å². The summed E-state index contributed by atoms with van der Waals surface area (Å²) in [6, 6.07) is 13.6. The Morgan fingerprint density at radius 2 is 1.86 bits per heavy atom. The summed E-state index contributed by atoms with van der Waals surface area (Å²) in [5, 5.41) is 12.5. The van der Waals surface area contributed by atoms with Crippen molar-refractivity contribution in [1.29, 1.82) is 0 Å². The summed E-state index contributed by atoms with van der Waals surface area (Å²) < 4.78 is 40.1. The van der Waals surface area contributed by atoms with Crippen LogP contribution in [0.2, 0.25) is 0 Å². The Morgan fingerprint density at radius 1 is 1.14 bits per heavy atom. The van der Waals surface area contributed by atoms with Gasteiger partial charge in [-0.25, -0.2) is 10.5 Å². The summed E-state index contributed by atoms with van der Waals surface area (Å²) in [5.41, 5.74) is 2.45. The smallest absolute Gasteiger partial charge is 0.347 e. The van der Waals surface area contributed by atoms with E-state index < -0.39 is 35.6 Å². The van der Waals surface area contributed by atoms with Gasteiger partial charge in [0, 0.05) is 24.0 Å². The van der Waals surface area contributed by atoms with Crippen LogP contribution in [0.25, 0.3) is 10.9 Å². The van der Waals surface area contributed by atoms with E-state index in [4.69, 9.17) is 11.6 Å². The molecule has 2 heterocycles. The van der Waals surface area contributed by atoms with Gasteiger partial charge in [0.15, 0.2) is 0 Å². The monoisotopic (exact) mass is 496 g/mol. The van der Waals surface area contributed by atoms with Crippen molar-refractivity contribution >= 4 is 22.7 Å². The molecule has 0 unspecified atom stereocenters. The number of likely N-dealkylation sites (tertiary alicyclic amines) is 1. The molecule has 0 saturated carbocycles. The second kappa shape index (κ2) is 10.4. The highest BCUT2D eigenvalue weighted by molar-refractivity contribution is 5.95. The first-order valence-corrected chi connectivity index (χ1v) is 11.1. The van der Waals surface area contributed by atoms with Crippen molar-refractivity contribution in [2.45, 2.75) is 18.6 Å². The molecule has 1 aromatic heterocycles. The molecule has 7 nitrogen and oxygen atoms in total. The predicted molar refractivity (Wildman–Crippen MR) is 126 cm³/mol. The predicted octanol–water partition coefficient (Wildman–Crippen LogP) is 3.01. The molecule has 36 heavy (non-hydrogen) atoms. The molecule has 2 atom stereocenters. The summed E-state index contributed by atoms with van der Waals surface area (Å²) in [5.74, 6) is 0.791. The van der Waals surface area contributed by atoms with E-state index in [2.05, 4.69) is 16.2 Å².